The maximum atomic E-state index is 6.01. The lowest BCUT2D eigenvalue weighted by Crippen LogP contribution is -2.22. The highest BCUT2D eigenvalue weighted by molar-refractivity contribution is 6.31. The van der Waals surface area contributed by atoms with Crippen LogP contribution in [0.25, 0.3) is 10.8 Å². The molecule has 1 aromatic heterocycles. The summed E-state index contributed by atoms with van der Waals surface area (Å²) in [4.78, 5) is 2.26. The van der Waals surface area contributed by atoms with Gasteiger partial charge in [-0.05, 0) is 42.0 Å². The molecule has 0 saturated carbocycles. The number of nitrogens with zero attached hydrogens (tertiary/aromatic N) is 3. The third-order valence-electron chi connectivity index (χ3n) is 3.35. The molecule has 0 saturated heterocycles. The first-order chi connectivity index (χ1) is 9.76. The van der Waals surface area contributed by atoms with Crippen LogP contribution in [0.5, 0.6) is 0 Å². The van der Waals surface area contributed by atoms with Gasteiger partial charge < -0.3 is 4.90 Å². The van der Waals surface area contributed by atoms with Gasteiger partial charge in [-0.15, -0.1) is 0 Å². The van der Waals surface area contributed by atoms with Crippen molar-refractivity contribution in [3.63, 3.8) is 0 Å². The summed E-state index contributed by atoms with van der Waals surface area (Å²) in [5, 5.41) is 13.7. The highest BCUT2D eigenvalue weighted by Crippen LogP contribution is 2.25. The Labute approximate surface area is 122 Å². The molecule has 3 rings (SSSR count). The number of aromatic amines is 1. The van der Waals surface area contributed by atoms with Gasteiger partial charge in [0, 0.05) is 17.3 Å². The van der Waals surface area contributed by atoms with Crippen LogP contribution in [0.3, 0.4) is 0 Å². The van der Waals surface area contributed by atoms with Gasteiger partial charge in [0.25, 0.3) is 0 Å². The van der Waals surface area contributed by atoms with Crippen molar-refractivity contribution < 1.29 is 0 Å². The van der Waals surface area contributed by atoms with Crippen molar-refractivity contribution >= 4 is 28.1 Å². The second kappa shape index (κ2) is 5.51. The van der Waals surface area contributed by atoms with Crippen LogP contribution in [0.15, 0.2) is 42.6 Å². The summed E-state index contributed by atoms with van der Waals surface area (Å²) in [7, 11) is 0. The lowest BCUT2D eigenvalue weighted by atomic mass is 10.1. The lowest BCUT2D eigenvalue weighted by molar-refractivity contribution is 0.800. The molecule has 0 unspecified atom stereocenters. The molecule has 102 valence electrons. The molecule has 0 bridgehead atoms. The molecule has 4 nitrogen and oxygen atoms in total. The number of fused-ring (bicyclic) bond motifs is 1. The second-order valence-corrected chi connectivity index (χ2v) is 5.09. The van der Waals surface area contributed by atoms with Crippen LogP contribution in [0.2, 0.25) is 5.02 Å². The zero-order chi connectivity index (χ0) is 13.9. The van der Waals surface area contributed by atoms with E-state index in [1.165, 1.54) is 11.1 Å². The van der Waals surface area contributed by atoms with Crippen molar-refractivity contribution in [1.29, 1.82) is 0 Å². The van der Waals surface area contributed by atoms with Gasteiger partial charge in [-0.2, -0.15) is 15.4 Å². The molecule has 3 aromatic rings. The van der Waals surface area contributed by atoms with E-state index < -0.39 is 0 Å². The Hall–Kier alpha value is -2.07. The van der Waals surface area contributed by atoms with Crippen LogP contribution < -0.4 is 4.90 Å². The van der Waals surface area contributed by atoms with E-state index in [2.05, 4.69) is 45.4 Å². The van der Waals surface area contributed by atoms with E-state index in [1.54, 1.807) is 6.20 Å². The number of hydrogen-bond acceptors (Lipinski definition) is 3. The summed E-state index contributed by atoms with van der Waals surface area (Å²) in [6.45, 7) is 3.78. The molecule has 0 amide bonds. The van der Waals surface area contributed by atoms with Gasteiger partial charge in [-0.3, -0.25) is 0 Å². The minimum Gasteiger partial charge on any atom is -0.366 e. The van der Waals surface area contributed by atoms with Gasteiger partial charge in [0.1, 0.15) is 5.69 Å². The molecule has 0 fully saturated rings. The van der Waals surface area contributed by atoms with Crippen molar-refractivity contribution in [2.24, 2.45) is 0 Å². The molecule has 0 aliphatic heterocycles. The largest absolute Gasteiger partial charge is 0.366 e. The molecule has 0 aliphatic rings. The number of aromatic nitrogens is 3. The fourth-order valence-corrected chi connectivity index (χ4v) is 2.46. The normalized spacial score (nSPS) is 10.9. The summed E-state index contributed by atoms with van der Waals surface area (Å²) in [5.41, 5.74) is 2.10. The number of H-pyrrole nitrogens is 1. The first-order valence-electron chi connectivity index (χ1n) is 6.55. The fourth-order valence-electron chi connectivity index (χ4n) is 2.28. The minimum absolute atomic E-state index is 0.742. The van der Waals surface area contributed by atoms with Gasteiger partial charge in [0.05, 0.1) is 12.7 Å². The molecule has 0 spiro atoms. The maximum absolute atomic E-state index is 6.01. The van der Waals surface area contributed by atoms with E-state index in [0.29, 0.717) is 0 Å². The van der Waals surface area contributed by atoms with E-state index in [9.17, 15) is 0 Å². The average Bonchev–Trinajstić information content (AvgIpc) is 2.97. The van der Waals surface area contributed by atoms with Gasteiger partial charge in [-0.1, -0.05) is 23.7 Å². The SMILES string of the molecule is CCN(Cc1cn[nH]n1)c1ccc2cc(Cl)ccc2c1. The number of hydrogen-bond donors (Lipinski definition) is 1. The molecule has 1 heterocycles. The topological polar surface area (TPSA) is 44.8 Å². The van der Waals surface area contributed by atoms with Gasteiger partial charge in [0.2, 0.25) is 0 Å². The summed E-state index contributed by atoms with van der Waals surface area (Å²) in [5.74, 6) is 0. The number of rotatable bonds is 4. The second-order valence-electron chi connectivity index (χ2n) is 4.65. The minimum atomic E-state index is 0.742. The molecule has 2 aromatic carbocycles. The quantitative estimate of drug-likeness (QED) is 0.796. The number of nitrogens with one attached hydrogen (secondary N) is 1. The summed E-state index contributed by atoms with van der Waals surface area (Å²) in [6, 6.07) is 12.3. The van der Waals surface area contributed by atoms with Crippen molar-refractivity contribution in [2.45, 2.75) is 13.5 Å². The van der Waals surface area contributed by atoms with Crippen LogP contribution in [-0.2, 0) is 6.54 Å². The Bertz CT molecular complexity index is 709. The smallest absolute Gasteiger partial charge is 0.102 e. The van der Waals surface area contributed by atoms with Crippen molar-refractivity contribution in [3.05, 3.63) is 53.3 Å². The van der Waals surface area contributed by atoms with Crippen LogP contribution in [0, 0.1) is 0 Å². The predicted octanol–water partition coefficient (Wildman–Crippen LogP) is 3.64. The van der Waals surface area contributed by atoms with E-state index >= 15 is 0 Å². The van der Waals surface area contributed by atoms with Crippen LogP contribution in [-0.4, -0.2) is 22.0 Å². The van der Waals surface area contributed by atoms with Gasteiger partial charge >= 0.3 is 0 Å². The number of halogens is 1. The van der Waals surface area contributed by atoms with E-state index in [4.69, 9.17) is 11.6 Å². The molecule has 20 heavy (non-hydrogen) atoms. The number of anilines is 1. The molecule has 0 atom stereocenters. The zero-order valence-corrected chi connectivity index (χ0v) is 11.9. The zero-order valence-electron chi connectivity index (χ0n) is 11.2. The highest BCUT2D eigenvalue weighted by Gasteiger charge is 2.08. The Morgan fingerprint density at radius 2 is 1.95 bits per heavy atom. The van der Waals surface area contributed by atoms with Crippen molar-refractivity contribution in [1.82, 2.24) is 15.4 Å². The summed E-state index contributed by atoms with van der Waals surface area (Å²) >= 11 is 6.01. The molecule has 5 heteroatoms. The van der Waals surface area contributed by atoms with E-state index in [-0.39, 0.29) is 0 Å². The fraction of sp³-hybridized carbons (Fsp3) is 0.200. The molecule has 1 N–H and O–H groups in total. The lowest BCUT2D eigenvalue weighted by Gasteiger charge is -2.22. The summed E-state index contributed by atoms with van der Waals surface area (Å²) < 4.78 is 0. The van der Waals surface area contributed by atoms with E-state index in [1.807, 2.05) is 18.2 Å². The molecular weight excluding hydrogens is 272 g/mol. The third kappa shape index (κ3) is 2.60. The molecule has 0 radical (unpaired) electrons. The third-order valence-corrected chi connectivity index (χ3v) is 3.59. The Morgan fingerprint density at radius 3 is 2.70 bits per heavy atom. The number of benzene rings is 2. The molecule has 0 aliphatic carbocycles. The standard InChI is InChI=1S/C15H15ClN4/c1-2-20(10-14-9-17-19-18-14)15-6-4-11-7-13(16)5-3-12(11)8-15/h3-9H,2,10H2,1H3,(H,17,18,19). The average molecular weight is 287 g/mol. The Balaban J connectivity index is 1.93. The monoisotopic (exact) mass is 286 g/mol. The van der Waals surface area contributed by atoms with Crippen molar-refractivity contribution in [2.75, 3.05) is 11.4 Å². The Kier molecular flexibility index (Phi) is 3.56. The van der Waals surface area contributed by atoms with Gasteiger partial charge in [0.15, 0.2) is 0 Å². The van der Waals surface area contributed by atoms with Crippen molar-refractivity contribution in [3.8, 4) is 0 Å². The molecular formula is C15H15ClN4. The van der Waals surface area contributed by atoms with Crippen LogP contribution in [0.1, 0.15) is 12.6 Å². The highest BCUT2D eigenvalue weighted by atomic mass is 35.5. The first kappa shape index (κ1) is 12.9. The van der Waals surface area contributed by atoms with Crippen LogP contribution >= 0.6 is 11.6 Å². The van der Waals surface area contributed by atoms with E-state index in [0.717, 1.165) is 29.2 Å². The van der Waals surface area contributed by atoms with Crippen LogP contribution in [0.4, 0.5) is 5.69 Å². The maximum Gasteiger partial charge on any atom is 0.102 e. The summed E-state index contributed by atoms with van der Waals surface area (Å²) in [6.07, 6.45) is 1.75. The predicted molar refractivity (Wildman–Crippen MR) is 82.1 cm³/mol. The first-order valence-corrected chi connectivity index (χ1v) is 6.93. The Morgan fingerprint density at radius 1 is 1.15 bits per heavy atom. The van der Waals surface area contributed by atoms with Gasteiger partial charge in [-0.25, -0.2) is 0 Å².